The Balaban J connectivity index is 2.11. The van der Waals surface area contributed by atoms with Crippen molar-refractivity contribution in [3.8, 4) is 0 Å². The van der Waals surface area contributed by atoms with Gasteiger partial charge in [-0.2, -0.15) is 0 Å². The lowest BCUT2D eigenvalue weighted by molar-refractivity contribution is 0.177. The molecule has 2 heteroatoms. The molecule has 2 aromatic rings. The minimum atomic E-state index is -0.480. The predicted octanol–water partition coefficient (Wildman–Crippen LogP) is 3.23. The van der Waals surface area contributed by atoms with Crippen molar-refractivity contribution < 1.29 is 5.11 Å². The number of aliphatic hydroxyl groups is 1. The van der Waals surface area contributed by atoms with Gasteiger partial charge in [-0.25, -0.2) is 0 Å². The van der Waals surface area contributed by atoms with Crippen LogP contribution in [-0.2, 0) is 12.8 Å². The van der Waals surface area contributed by atoms with Crippen molar-refractivity contribution in [2.45, 2.75) is 32.8 Å². The van der Waals surface area contributed by atoms with E-state index in [1.165, 1.54) is 5.56 Å². The SMILES string of the molecule is CCc1ccc(CC(O)c2cccnc2C)cc1. The molecule has 0 bridgehead atoms. The lowest BCUT2D eigenvalue weighted by Gasteiger charge is -2.13. The largest absolute Gasteiger partial charge is 0.388 e. The average molecular weight is 241 g/mol. The number of aliphatic hydroxyl groups excluding tert-OH is 1. The molecule has 0 saturated carbocycles. The Bertz CT molecular complexity index is 505. The van der Waals surface area contributed by atoms with Crippen molar-refractivity contribution >= 4 is 0 Å². The highest BCUT2D eigenvalue weighted by Crippen LogP contribution is 2.20. The fraction of sp³-hybridized carbons (Fsp3) is 0.312. The van der Waals surface area contributed by atoms with Crippen LogP contribution in [0.15, 0.2) is 42.6 Å². The summed E-state index contributed by atoms with van der Waals surface area (Å²) < 4.78 is 0. The van der Waals surface area contributed by atoms with Gasteiger partial charge in [0.15, 0.2) is 0 Å². The second-order valence-corrected chi connectivity index (χ2v) is 4.57. The van der Waals surface area contributed by atoms with E-state index >= 15 is 0 Å². The summed E-state index contributed by atoms with van der Waals surface area (Å²) in [5.74, 6) is 0. The molecule has 0 aliphatic heterocycles. The Morgan fingerprint density at radius 1 is 1.11 bits per heavy atom. The van der Waals surface area contributed by atoms with Crippen molar-refractivity contribution in [3.05, 3.63) is 65.0 Å². The summed E-state index contributed by atoms with van der Waals surface area (Å²) in [5.41, 5.74) is 4.29. The van der Waals surface area contributed by atoms with E-state index < -0.39 is 6.10 Å². The van der Waals surface area contributed by atoms with E-state index in [-0.39, 0.29) is 0 Å². The molecule has 1 atom stereocenters. The standard InChI is InChI=1S/C16H19NO/c1-3-13-6-8-14(9-7-13)11-16(18)15-5-4-10-17-12(15)2/h4-10,16,18H,3,11H2,1-2H3. The summed E-state index contributed by atoms with van der Waals surface area (Å²) in [5, 5.41) is 10.2. The van der Waals surface area contributed by atoms with Crippen molar-refractivity contribution in [1.29, 1.82) is 0 Å². The van der Waals surface area contributed by atoms with Gasteiger partial charge in [-0.3, -0.25) is 4.98 Å². The molecule has 2 rings (SSSR count). The lowest BCUT2D eigenvalue weighted by atomic mass is 9.99. The Hall–Kier alpha value is -1.67. The number of hydrogen-bond donors (Lipinski definition) is 1. The van der Waals surface area contributed by atoms with Crippen LogP contribution in [0.2, 0.25) is 0 Å². The van der Waals surface area contributed by atoms with Crippen molar-refractivity contribution in [3.63, 3.8) is 0 Å². The van der Waals surface area contributed by atoms with Crippen molar-refractivity contribution in [2.75, 3.05) is 0 Å². The first-order chi connectivity index (χ1) is 8.70. The van der Waals surface area contributed by atoms with Crippen LogP contribution in [0.1, 0.15) is 35.4 Å². The maximum Gasteiger partial charge on any atom is 0.0847 e. The molecular weight excluding hydrogens is 222 g/mol. The number of aromatic nitrogens is 1. The van der Waals surface area contributed by atoms with Gasteiger partial charge in [0.1, 0.15) is 0 Å². The molecule has 1 unspecified atom stereocenters. The Morgan fingerprint density at radius 2 is 1.78 bits per heavy atom. The van der Waals surface area contributed by atoms with Crippen molar-refractivity contribution in [1.82, 2.24) is 4.98 Å². The third kappa shape index (κ3) is 2.96. The van der Waals surface area contributed by atoms with Gasteiger partial charge in [-0.15, -0.1) is 0 Å². The number of nitrogens with zero attached hydrogens (tertiary/aromatic N) is 1. The van der Waals surface area contributed by atoms with Crippen LogP contribution in [-0.4, -0.2) is 10.1 Å². The fourth-order valence-electron chi connectivity index (χ4n) is 2.09. The van der Waals surface area contributed by atoms with Gasteiger partial charge in [0.25, 0.3) is 0 Å². The van der Waals surface area contributed by atoms with E-state index in [2.05, 4.69) is 36.2 Å². The molecule has 0 amide bonds. The molecule has 1 aromatic carbocycles. The summed E-state index contributed by atoms with van der Waals surface area (Å²) in [7, 11) is 0. The average Bonchev–Trinajstić information content (AvgIpc) is 2.40. The first-order valence-electron chi connectivity index (χ1n) is 6.38. The highest BCUT2D eigenvalue weighted by Gasteiger charge is 2.11. The molecule has 1 aromatic heterocycles. The van der Waals surface area contributed by atoms with E-state index in [9.17, 15) is 5.11 Å². The Labute approximate surface area is 108 Å². The number of rotatable bonds is 4. The summed E-state index contributed by atoms with van der Waals surface area (Å²) in [4.78, 5) is 4.21. The molecule has 1 heterocycles. The van der Waals surface area contributed by atoms with Gasteiger partial charge in [-0.05, 0) is 30.5 Å². The van der Waals surface area contributed by atoms with Crippen molar-refractivity contribution in [2.24, 2.45) is 0 Å². The fourth-order valence-corrected chi connectivity index (χ4v) is 2.09. The van der Waals surface area contributed by atoms with Gasteiger partial charge in [-0.1, -0.05) is 37.3 Å². The lowest BCUT2D eigenvalue weighted by Crippen LogP contribution is -2.04. The zero-order valence-electron chi connectivity index (χ0n) is 10.9. The molecule has 0 fully saturated rings. The smallest absolute Gasteiger partial charge is 0.0847 e. The maximum atomic E-state index is 10.2. The van der Waals surface area contributed by atoms with Crippen LogP contribution >= 0.6 is 0 Å². The minimum Gasteiger partial charge on any atom is -0.388 e. The minimum absolute atomic E-state index is 0.480. The number of aryl methyl sites for hydroxylation is 2. The molecule has 0 saturated heterocycles. The van der Waals surface area contributed by atoms with Crippen LogP contribution in [0.25, 0.3) is 0 Å². The first kappa shape index (κ1) is 12.8. The quantitative estimate of drug-likeness (QED) is 0.891. The van der Waals surface area contributed by atoms with E-state index in [1.54, 1.807) is 6.20 Å². The zero-order valence-corrected chi connectivity index (χ0v) is 10.9. The highest BCUT2D eigenvalue weighted by molar-refractivity contribution is 5.27. The third-order valence-electron chi connectivity index (χ3n) is 3.27. The Morgan fingerprint density at radius 3 is 2.39 bits per heavy atom. The van der Waals surface area contributed by atoms with Gasteiger partial charge in [0.05, 0.1) is 6.10 Å². The van der Waals surface area contributed by atoms with E-state index in [0.29, 0.717) is 6.42 Å². The summed E-state index contributed by atoms with van der Waals surface area (Å²) in [6, 6.07) is 12.2. The number of benzene rings is 1. The molecule has 0 aliphatic carbocycles. The Kier molecular flexibility index (Phi) is 4.11. The molecule has 0 radical (unpaired) electrons. The van der Waals surface area contributed by atoms with E-state index in [1.807, 2.05) is 19.1 Å². The molecule has 2 nitrogen and oxygen atoms in total. The summed E-state index contributed by atoms with van der Waals surface area (Å²) in [6.07, 6.45) is 2.95. The van der Waals surface area contributed by atoms with Crippen LogP contribution in [0.5, 0.6) is 0 Å². The molecule has 0 aliphatic rings. The molecule has 94 valence electrons. The number of hydrogen-bond acceptors (Lipinski definition) is 2. The molecule has 1 N–H and O–H groups in total. The van der Waals surface area contributed by atoms with Crippen LogP contribution < -0.4 is 0 Å². The number of pyridine rings is 1. The molecular formula is C16H19NO. The monoisotopic (exact) mass is 241 g/mol. The molecule has 0 spiro atoms. The van der Waals surface area contributed by atoms with Gasteiger partial charge < -0.3 is 5.11 Å². The van der Waals surface area contributed by atoms with Gasteiger partial charge in [0, 0.05) is 23.9 Å². The summed E-state index contributed by atoms with van der Waals surface area (Å²) >= 11 is 0. The predicted molar refractivity (Wildman–Crippen MR) is 73.5 cm³/mol. The van der Waals surface area contributed by atoms with Crippen LogP contribution in [0.3, 0.4) is 0 Å². The van der Waals surface area contributed by atoms with Crippen LogP contribution in [0, 0.1) is 6.92 Å². The second-order valence-electron chi connectivity index (χ2n) is 4.57. The second kappa shape index (κ2) is 5.78. The summed E-state index contributed by atoms with van der Waals surface area (Å²) in [6.45, 7) is 4.07. The molecule has 18 heavy (non-hydrogen) atoms. The maximum absolute atomic E-state index is 10.2. The normalized spacial score (nSPS) is 12.4. The van der Waals surface area contributed by atoms with Crippen LogP contribution in [0.4, 0.5) is 0 Å². The third-order valence-corrected chi connectivity index (χ3v) is 3.27. The van der Waals surface area contributed by atoms with E-state index in [0.717, 1.165) is 23.2 Å². The topological polar surface area (TPSA) is 33.1 Å². The first-order valence-corrected chi connectivity index (χ1v) is 6.38. The van der Waals surface area contributed by atoms with Gasteiger partial charge >= 0.3 is 0 Å². The highest BCUT2D eigenvalue weighted by atomic mass is 16.3. The van der Waals surface area contributed by atoms with E-state index in [4.69, 9.17) is 0 Å². The zero-order chi connectivity index (χ0) is 13.0. The van der Waals surface area contributed by atoms with Gasteiger partial charge in [0.2, 0.25) is 0 Å².